The van der Waals surface area contributed by atoms with Gasteiger partial charge in [0.15, 0.2) is 5.82 Å². The van der Waals surface area contributed by atoms with Crippen molar-refractivity contribution in [2.24, 2.45) is 5.41 Å². The highest BCUT2D eigenvalue weighted by atomic mass is 32.2. The highest BCUT2D eigenvalue weighted by Crippen LogP contribution is 2.37. The van der Waals surface area contributed by atoms with Crippen LogP contribution in [0.5, 0.6) is 5.75 Å². The van der Waals surface area contributed by atoms with Gasteiger partial charge in [0, 0.05) is 48.4 Å². The quantitative estimate of drug-likeness (QED) is 0.0560. The molecule has 1 fully saturated rings. The van der Waals surface area contributed by atoms with Crippen molar-refractivity contribution in [3.8, 4) is 38.4 Å². The maximum Gasteiger partial charge on any atom is 0.246 e. The lowest BCUT2D eigenvalue weighted by atomic mass is 9.85. The zero-order chi connectivity index (χ0) is 48.0. The minimum absolute atomic E-state index is 0.0188. The van der Waals surface area contributed by atoms with Gasteiger partial charge in [0.2, 0.25) is 27.7 Å². The van der Waals surface area contributed by atoms with E-state index in [-0.39, 0.29) is 56.3 Å². The van der Waals surface area contributed by atoms with Crippen molar-refractivity contribution in [1.29, 1.82) is 0 Å². The summed E-state index contributed by atoms with van der Waals surface area (Å²) in [6.45, 7) is 8.89. The van der Waals surface area contributed by atoms with Crippen molar-refractivity contribution in [2.45, 2.75) is 72.2 Å². The summed E-state index contributed by atoms with van der Waals surface area (Å²) in [6, 6.07) is 16.6. The number of nitrogens with zero attached hydrogens (tertiary/aromatic N) is 3. The molecule has 4 heterocycles. The SMILES string of the molecule is CCCS(=O)(=O)Nc1ccc(F)c(-c2c[nH]c3ncc(-c4cccc(OCCOCC(=O)N[C@H](C(=O)N5C[C@H](O)C[C@H]5C(=O)NCc5ccc(-c6scnc6C)cc5)C(C)(C)C)c4)cc23)c1F. The average molecular weight is 958 g/mol. The van der Waals surface area contributed by atoms with Gasteiger partial charge in [-0.25, -0.2) is 27.2 Å². The number of carbonyl (C=O) groups is 3. The van der Waals surface area contributed by atoms with Crippen molar-refractivity contribution in [2.75, 3.05) is 36.8 Å². The summed E-state index contributed by atoms with van der Waals surface area (Å²) in [4.78, 5) is 54.8. The second-order valence-corrected chi connectivity index (χ2v) is 20.1. The van der Waals surface area contributed by atoms with Crippen LogP contribution in [0, 0.1) is 24.0 Å². The molecule has 0 unspecified atom stereocenters. The maximum absolute atomic E-state index is 15.7. The lowest BCUT2D eigenvalue weighted by Gasteiger charge is -2.35. The van der Waals surface area contributed by atoms with Crippen LogP contribution in [0.4, 0.5) is 14.5 Å². The van der Waals surface area contributed by atoms with E-state index < -0.39 is 68.5 Å². The number of benzene rings is 3. The zero-order valence-corrected chi connectivity index (χ0v) is 39.3. The molecule has 3 aromatic heterocycles. The Kier molecular flexibility index (Phi) is 15.0. The van der Waals surface area contributed by atoms with Gasteiger partial charge in [0.25, 0.3) is 0 Å². The number of anilines is 1. The lowest BCUT2D eigenvalue weighted by Crippen LogP contribution is -2.58. The van der Waals surface area contributed by atoms with Gasteiger partial charge in [-0.15, -0.1) is 11.3 Å². The van der Waals surface area contributed by atoms with Gasteiger partial charge in [-0.3, -0.25) is 19.1 Å². The number of β-amino-alcohol motifs (C(OH)–C–C–N with tert-alkyl or cyclic N) is 1. The summed E-state index contributed by atoms with van der Waals surface area (Å²) in [5.74, 6) is -3.14. The van der Waals surface area contributed by atoms with Gasteiger partial charge in [0.1, 0.15) is 42.5 Å². The minimum Gasteiger partial charge on any atom is -0.491 e. The second-order valence-electron chi connectivity index (χ2n) is 17.4. The summed E-state index contributed by atoms with van der Waals surface area (Å²) in [5, 5.41) is 16.7. The Bertz CT molecular complexity index is 2870. The highest BCUT2D eigenvalue weighted by Gasteiger charge is 2.44. The summed E-state index contributed by atoms with van der Waals surface area (Å²) >= 11 is 1.55. The lowest BCUT2D eigenvalue weighted by molar-refractivity contribution is -0.144. The number of H-pyrrole nitrogens is 1. The molecule has 3 aromatic carbocycles. The first-order chi connectivity index (χ1) is 31.9. The molecule has 5 N–H and O–H groups in total. The number of pyridine rings is 1. The molecule has 0 bridgehead atoms. The topological polar surface area (TPSA) is 205 Å². The third-order valence-corrected chi connectivity index (χ3v) is 13.7. The number of nitrogens with one attached hydrogen (secondary N) is 4. The number of aromatic amines is 1. The molecule has 15 nitrogen and oxygen atoms in total. The van der Waals surface area contributed by atoms with Crippen LogP contribution in [0.2, 0.25) is 0 Å². The molecule has 1 aliphatic heterocycles. The second kappa shape index (κ2) is 20.7. The number of carbonyl (C=O) groups excluding carboxylic acids is 3. The van der Waals surface area contributed by atoms with Gasteiger partial charge in [-0.05, 0) is 65.8 Å². The van der Waals surface area contributed by atoms with E-state index in [9.17, 15) is 27.9 Å². The van der Waals surface area contributed by atoms with Crippen LogP contribution < -0.4 is 20.1 Å². The Morgan fingerprint density at radius 1 is 1.01 bits per heavy atom. The van der Waals surface area contributed by atoms with Crippen molar-refractivity contribution in [3.05, 3.63) is 108 Å². The molecular weight excluding hydrogens is 905 g/mol. The first-order valence-electron chi connectivity index (χ1n) is 21.7. The van der Waals surface area contributed by atoms with Gasteiger partial charge in [-0.1, -0.05) is 64.1 Å². The number of aliphatic hydroxyl groups is 1. The van der Waals surface area contributed by atoms with E-state index in [0.29, 0.717) is 34.3 Å². The van der Waals surface area contributed by atoms with Gasteiger partial charge in [0.05, 0.1) is 45.8 Å². The fourth-order valence-electron chi connectivity index (χ4n) is 7.87. The Hall–Kier alpha value is -6.28. The molecule has 6 aromatic rings. The standard InChI is InChI=1S/C48H53F2N7O8S2/c1-6-18-67(62,63)56-38-15-14-37(49)41(42(38)50)36-24-52-45-35(36)20-32(23-51-45)31-8-7-9-34(19-31)65-17-16-64-26-40(59)55-44(48(3,4)5)47(61)57-25-33(58)21-39(57)46(60)53-22-29-10-12-30(13-11-29)43-28(2)54-27-66-43/h7-15,19-20,23-24,27,33,39,44,56,58H,6,16-18,21-22,25-26H2,1-5H3,(H,51,52)(H,53,60)(H,55,59)/t33-,39+,44-/m1/s1. The summed E-state index contributed by atoms with van der Waals surface area (Å²) in [6.07, 6.45) is 2.47. The number of ether oxygens (including phenoxy) is 2. The van der Waals surface area contributed by atoms with Crippen LogP contribution in [0.25, 0.3) is 43.7 Å². The predicted octanol–water partition coefficient (Wildman–Crippen LogP) is 6.96. The highest BCUT2D eigenvalue weighted by molar-refractivity contribution is 7.92. The Balaban J connectivity index is 0.923. The molecular formula is C48H53F2N7O8S2. The Morgan fingerprint density at radius 3 is 2.51 bits per heavy atom. The van der Waals surface area contributed by atoms with Crippen LogP contribution in [0.3, 0.4) is 0 Å². The minimum atomic E-state index is -3.84. The molecule has 67 heavy (non-hydrogen) atoms. The Labute approximate surface area is 391 Å². The molecule has 3 atom stereocenters. The number of sulfonamides is 1. The van der Waals surface area contributed by atoms with E-state index in [1.807, 2.05) is 37.3 Å². The molecule has 0 aliphatic carbocycles. The molecule has 1 saturated heterocycles. The van der Waals surface area contributed by atoms with Crippen LogP contribution in [0.1, 0.15) is 51.8 Å². The van der Waals surface area contributed by atoms with E-state index in [1.165, 1.54) is 11.1 Å². The normalized spacial score (nSPS) is 15.7. The van der Waals surface area contributed by atoms with Crippen LogP contribution >= 0.6 is 11.3 Å². The smallest absolute Gasteiger partial charge is 0.246 e. The number of aromatic nitrogens is 3. The third kappa shape index (κ3) is 11.6. The molecule has 354 valence electrons. The zero-order valence-electron chi connectivity index (χ0n) is 37.7. The van der Waals surface area contributed by atoms with E-state index in [4.69, 9.17) is 9.47 Å². The average Bonchev–Trinajstić information content (AvgIpc) is 4.03. The number of thiazole rings is 1. The number of halogens is 2. The van der Waals surface area contributed by atoms with Crippen molar-refractivity contribution >= 4 is 55.8 Å². The molecule has 19 heteroatoms. The number of amides is 3. The van der Waals surface area contributed by atoms with Crippen LogP contribution in [0.15, 0.2) is 84.6 Å². The van der Waals surface area contributed by atoms with Gasteiger partial charge < -0.3 is 35.1 Å². The number of likely N-dealkylation sites (tertiary alicyclic amines) is 1. The van der Waals surface area contributed by atoms with Gasteiger partial charge >= 0.3 is 0 Å². The number of hydrogen-bond acceptors (Lipinski definition) is 11. The molecule has 0 radical (unpaired) electrons. The maximum atomic E-state index is 15.7. The van der Waals surface area contributed by atoms with Crippen molar-refractivity contribution in [1.82, 2.24) is 30.5 Å². The molecule has 0 spiro atoms. The molecule has 3 amide bonds. The summed E-state index contributed by atoms with van der Waals surface area (Å²) < 4.78 is 69.5. The predicted molar refractivity (Wildman–Crippen MR) is 253 cm³/mol. The molecule has 1 aliphatic rings. The van der Waals surface area contributed by atoms with Crippen LogP contribution in [-0.4, -0.2) is 101 Å². The molecule has 7 rings (SSSR count). The van der Waals surface area contributed by atoms with Crippen LogP contribution in [-0.2, 0) is 35.7 Å². The first kappa shape index (κ1) is 48.6. The van der Waals surface area contributed by atoms with E-state index in [2.05, 4.69) is 30.3 Å². The van der Waals surface area contributed by atoms with Crippen molar-refractivity contribution in [3.63, 3.8) is 0 Å². The number of aliphatic hydroxyl groups excluding tert-OH is 1. The monoisotopic (exact) mass is 957 g/mol. The first-order valence-corrected chi connectivity index (χ1v) is 24.3. The summed E-state index contributed by atoms with van der Waals surface area (Å²) in [7, 11) is -3.84. The van der Waals surface area contributed by atoms with Crippen molar-refractivity contribution < 1.29 is 46.2 Å². The summed E-state index contributed by atoms with van der Waals surface area (Å²) in [5.41, 5.74) is 4.90. The third-order valence-electron chi connectivity index (χ3n) is 11.2. The number of fused-ring (bicyclic) bond motifs is 1. The molecule has 0 saturated carbocycles. The fourth-order valence-corrected chi connectivity index (χ4v) is 9.81. The fraction of sp³-hybridized carbons (Fsp3) is 0.354. The van der Waals surface area contributed by atoms with E-state index in [0.717, 1.165) is 33.8 Å². The Morgan fingerprint density at radius 2 is 1.79 bits per heavy atom. The van der Waals surface area contributed by atoms with E-state index in [1.54, 1.807) is 75.0 Å². The largest absolute Gasteiger partial charge is 0.491 e. The number of hydrogen-bond donors (Lipinski definition) is 5. The van der Waals surface area contributed by atoms with E-state index >= 15 is 8.78 Å². The number of aryl methyl sites for hydroxylation is 1. The number of rotatable bonds is 18. The van der Waals surface area contributed by atoms with Gasteiger partial charge in [-0.2, -0.15) is 0 Å².